The fraction of sp³-hybridized carbons (Fsp3) is 0.545. The molecule has 7 nitrogen and oxygen atoms in total. The van der Waals surface area contributed by atoms with Gasteiger partial charge in [0.25, 0.3) is 0 Å². The highest BCUT2D eigenvalue weighted by atomic mass is 16.2. The fourth-order valence-electron chi connectivity index (χ4n) is 1.39. The summed E-state index contributed by atoms with van der Waals surface area (Å²) in [4.78, 5) is 31.4. The zero-order valence-corrected chi connectivity index (χ0v) is 10.9. The molecule has 0 aliphatic heterocycles. The number of amides is 3. The number of aromatic nitrogens is 2. The van der Waals surface area contributed by atoms with Crippen molar-refractivity contribution in [1.82, 2.24) is 25.5 Å². The summed E-state index contributed by atoms with van der Waals surface area (Å²) in [7, 11) is 3.23. The summed E-state index contributed by atoms with van der Waals surface area (Å²) in [6.07, 6.45) is 3.60. The highest BCUT2D eigenvalue weighted by molar-refractivity contribution is 5.78. The molecule has 0 bridgehead atoms. The molecule has 0 aliphatic rings. The Hall–Kier alpha value is -2.05. The Balaban J connectivity index is 2.38. The maximum atomic E-state index is 11.8. The van der Waals surface area contributed by atoms with Crippen molar-refractivity contribution in [2.45, 2.75) is 25.9 Å². The molecule has 0 aliphatic carbocycles. The van der Waals surface area contributed by atoms with Gasteiger partial charge in [-0.1, -0.05) is 0 Å². The Kier molecular flexibility index (Phi) is 5.16. The molecule has 0 spiro atoms. The van der Waals surface area contributed by atoms with Crippen LogP contribution < -0.4 is 10.6 Å². The van der Waals surface area contributed by atoms with Crippen molar-refractivity contribution < 1.29 is 9.59 Å². The van der Waals surface area contributed by atoms with Crippen molar-refractivity contribution in [3.8, 4) is 0 Å². The summed E-state index contributed by atoms with van der Waals surface area (Å²) in [5.41, 5.74) is 0. The molecule has 18 heavy (non-hydrogen) atoms. The first-order valence-corrected chi connectivity index (χ1v) is 5.74. The van der Waals surface area contributed by atoms with E-state index in [1.54, 1.807) is 26.5 Å². The van der Waals surface area contributed by atoms with Gasteiger partial charge in [0.1, 0.15) is 5.82 Å². The number of urea groups is 1. The Morgan fingerprint density at radius 1 is 1.56 bits per heavy atom. The standard InChI is InChI=1S/C11H19N5O2/c1-8(6-10(17)12-2)16(3)11(18)15-7-9-13-4-5-14-9/h4-5,8H,6-7H2,1-3H3,(H,12,17)(H,13,14)(H,15,18). The molecule has 1 aromatic heterocycles. The van der Waals surface area contributed by atoms with Crippen LogP contribution in [0.2, 0.25) is 0 Å². The summed E-state index contributed by atoms with van der Waals surface area (Å²) in [5, 5.41) is 5.25. The van der Waals surface area contributed by atoms with Gasteiger partial charge in [0, 0.05) is 39.0 Å². The van der Waals surface area contributed by atoms with E-state index in [1.807, 2.05) is 6.92 Å². The summed E-state index contributed by atoms with van der Waals surface area (Å²) in [6.45, 7) is 2.16. The molecule has 7 heteroatoms. The first kappa shape index (κ1) is 14.0. The van der Waals surface area contributed by atoms with E-state index in [9.17, 15) is 9.59 Å². The molecule has 100 valence electrons. The number of rotatable bonds is 5. The zero-order chi connectivity index (χ0) is 13.5. The molecular formula is C11H19N5O2. The van der Waals surface area contributed by atoms with E-state index in [-0.39, 0.29) is 24.4 Å². The van der Waals surface area contributed by atoms with E-state index in [4.69, 9.17) is 0 Å². The summed E-state index contributed by atoms with van der Waals surface area (Å²) < 4.78 is 0. The van der Waals surface area contributed by atoms with E-state index >= 15 is 0 Å². The van der Waals surface area contributed by atoms with Crippen LogP contribution in [-0.2, 0) is 11.3 Å². The molecular weight excluding hydrogens is 234 g/mol. The first-order valence-electron chi connectivity index (χ1n) is 5.74. The van der Waals surface area contributed by atoms with Crippen LogP contribution in [0.3, 0.4) is 0 Å². The Morgan fingerprint density at radius 2 is 2.28 bits per heavy atom. The van der Waals surface area contributed by atoms with Gasteiger partial charge < -0.3 is 20.5 Å². The van der Waals surface area contributed by atoms with Crippen LogP contribution in [0.15, 0.2) is 12.4 Å². The molecule has 3 amide bonds. The van der Waals surface area contributed by atoms with E-state index < -0.39 is 0 Å². The Bertz CT molecular complexity index is 390. The highest BCUT2D eigenvalue weighted by Gasteiger charge is 2.17. The predicted octanol–water partition coefficient (Wildman–Crippen LogP) is 0.0757. The Labute approximate surface area is 106 Å². The van der Waals surface area contributed by atoms with Crippen molar-refractivity contribution in [3.05, 3.63) is 18.2 Å². The number of aromatic amines is 1. The number of nitrogens with one attached hydrogen (secondary N) is 3. The molecule has 0 aromatic carbocycles. The molecule has 1 heterocycles. The van der Waals surface area contributed by atoms with Crippen LogP contribution in [0.5, 0.6) is 0 Å². The summed E-state index contributed by atoms with van der Waals surface area (Å²) in [6, 6.07) is -0.399. The monoisotopic (exact) mass is 253 g/mol. The second-order valence-corrected chi connectivity index (χ2v) is 4.03. The first-order chi connectivity index (χ1) is 8.54. The van der Waals surface area contributed by atoms with Crippen LogP contribution in [-0.4, -0.2) is 46.9 Å². The summed E-state index contributed by atoms with van der Waals surface area (Å²) >= 11 is 0. The average molecular weight is 253 g/mol. The Morgan fingerprint density at radius 3 is 2.83 bits per heavy atom. The van der Waals surface area contributed by atoms with E-state index in [0.717, 1.165) is 0 Å². The second-order valence-electron chi connectivity index (χ2n) is 4.03. The molecule has 1 atom stereocenters. The number of H-pyrrole nitrogens is 1. The SMILES string of the molecule is CNC(=O)CC(C)N(C)C(=O)NCc1ncc[nH]1. The second kappa shape index (κ2) is 6.63. The third kappa shape index (κ3) is 4.08. The van der Waals surface area contributed by atoms with Crippen LogP contribution >= 0.6 is 0 Å². The molecule has 0 fully saturated rings. The smallest absolute Gasteiger partial charge is 0.317 e. The molecule has 1 unspecified atom stereocenters. The highest BCUT2D eigenvalue weighted by Crippen LogP contribution is 2.01. The minimum absolute atomic E-state index is 0.0896. The van der Waals surface area contributed by atoms with Gasteiger partial charge in [-0.05, 0) is 6.92 Å². The van der Waals surface area contributed by atoms with Crippen molar-refractivity contribution in [3.63, 3.8) is 0 Å². The zero-order valence-electron chi connectivity index (χ0n) is 10.9. The molecule has 1 aromatic rings. The van der Waals surface area contributed by atoms with Crippen LogP contribution in [0.25, 0.3) is 0 Å². The number of nitrogens with zero attached hydrogens (tertiary/aromatic N) is 2. The average Bonchev–Trinajstić information content (AvgIpc) is 2.87. The lowest BCUT2D eigenvalue weighted by Crippen LogP contribution is -2.43. The number of carbonyl (C=O) groups excluding carboxylic acids is 2. The van der Waals surface area contributed by atoms with Gasteiger partial charge in [0.2, 0.25) is 5.91 Å². The van der Waals surface area contributed by atoms with Gasteiger partial charge in [-0.15, -0.1) is 0 Å². The van der Waals surface area contributed by atoms with Gasteiger partial charge in [0.15, 0.2) is 0 Å². The number of imidazole rings is 1. The van der Waals surface area contributed by atoms with Gasteiger partial charge in [-0.25, -0.2) is 9.78 Å². The minimum atomic E-state index is -0.234. The van der Waals surface area contributed by atoms with Crippen molar-refractivity contribution in [2.75, 3.05) is 14.1 Å². The maximum Gasteiger partial charge on any atom is 0.317 e. The third-order valence-corrected chi connectivity index (χ3v) is 2.70. The number of hydrogen-bond acceptors (Lipinski definition) is 3. The molecule has 3 N–H and O–H groups in total. The lowest BCUT2D eigenvalue weighted by Gasteiger charge is -2.24. The van der Waals surface area contributed by atoms with Gasteiger partial charge in [0.05, 0.1) is 6.54 Å². The van der Waals surface area contributed by atoms with Crippen LogP contribution in [0.1, 0.15) is 19.2 Å². The fourth-order valence-corrected chi connectivity index (χ4v) is 1.39. The van der Waals surface area contributed by atoms with Crippen LogP contribution in [0, 0.1) is 0 Å². The van der Waals surface area contributed by atoms with E-state index in [1.165, 1.54) is 4.90 Å². The van der Waals surface area contributed by atoms with Gasteiger partial charge in [-0.2, -0.15) is 0 Å². The van der Waals surface area contributed by atoms with Crippen molar-refractivity contribution in [1.29, 1.82) is 0 Å². The largest absolute Gasteiger partial charge is 0.359 e. The van der Waals surface area contributed by atoms with Crippen molar-refractivity contribution >= 4 is 11.9 Å². The topological polar surface area (TPSA) is 90.1 Å². The minimum Gasteiger partial charge on any atom is -0.359 e. The molecule has 0 saturated heterocycles. The van der Waals surface area contributed by atoms with E-state index in [2.05, 4.69) is 20.6 Å². The lowest BCUT2D eigenvalue weighted by atomic mass is 10.2. The van der Waals surface area contributed by atoms with Crippen molar-refractivity contribution in [2.24, 2.45) is 0 Å². The molecule has 0 saturated carbocycles. The quantitative estimate of drug-likeness (QED) is 0.694. The predicted molar refractivity (Wildman–Crippen MR) is 66.7 cm³/mol. The van der Waals surface area contributed by atoms with Crippen LogP contribution in [0.4, 0.5) is 4.79 Å². The van der Waals surface area contributed by atoms with Gasteiger partial charge >= 0.3 is 6.03 Å². The van der Waals surface area contributed by atoms with E-state index in [0.29, 0.717) is 12.4 Å². The normalized spacial score (nSPS) is 11.7. The molecule has 0 radical (unpaired) electrons. The summed E-state index contributed by atoms with van der Waals surface area (Å²) in [5.74, 6) is 0.601. The van der Waals surface area contributed by atoms with Gasteiger partial charge in [-0.3, -0.25) is 4.79 Å². The number of carbonyl (C=O) groups is 2. The maximum absolute atomic E-state index is 11.8. The third-order valence-electron chi connectivity index (χ3n) is 2.70. The molecule has 1 rings (SSSR count). The number of hydrogen-bond donors (Lipinski definition) is 3. The lowest BCUT2D eigenvalue weighted by molar-refractivity contribution is -0.121.